The molecule has 594 valence electrons. The number of ketones is 1. The van der Waals surface area contributed by atoms with Gasteiger partial charge in [0.1, 0.15) is 59.3 Å². The SMILES string of the molecule is C=CCOC(=O)c1ncn2c1[C@@H](CC)N(C1CCCC1)c1nc(Nc3ccc(C(=O)NC4CC4)cc3OC)ncc1-2.CC[C@@H]1c2c(C(C)=O)ncn2-c2cnc(Nc3ccc(C(=O)NC4CC4)cc3OC)nc2N1C1CCCC1.CC[C@@H]1c2cncn2-c2cnc(Nc3ccc(C(=O)NC4CC4)cc3OC)nc2N1C1CCCC1. The first-order valence-corrected chi connectivity index (χ1v) is 40.4. The van der Waals surface area contributed by atoms with E-state index in [2.05, 4.69) is 108 Å². The number of esters is 1. The van der Waals surface area contributed by atoms with Gasteiger partial charge in [0.15, 0.2) is 28.9 Å². The minimum Gasteiger partial charge on any atom is -0.495 e. The summed E-state index contributed by atoms with van der Waals surface area (Å²) >= 11 is 0. The van der Waals surface area contributed by atoms with Gasteiger partial charge >= 0.3 is 5.97 Å². The van der Waals surface area contributed by atoms with Crippen molar-refractivity contribution in [2.45, 2.75) is 217 Å². The van der Waals surface area contributed by atoms with Gasteiger partial charge in [0, 0.05) is 59.9 Å². The van der Waals surface area contributed by atoms with Gasteiger partial charge in [-0.2, -0.15) is 15.0 Å². The molecule has 3 amide bonds. The van der Waals surface area contributed by atoms with E-state index in [1.165, 1.54) is 44.2 Å². The maximum atomic E-state index is 12.9. The zero-order valence-corrected chi connectivity index (χ0v) is 65.7. The van der Waals surface area contributed by atoms with Crippen LogP contribution in [0.5, 0.6) is 17.2 Å². The Morgan fingerprint density at radius 1 is 0.456 bits per heavy atom. The predicted molar refractivity (Wildman–Crippen MR) is 432 cm³/mol. The Morgan fingerprint density at radius 3 is 1.17 bits per heavy atom. The first-order valence-electron chi connectivity index (χ1n) is 40.4. The molecule has 0 bridgehead atoms. The standard InChI is InChI=1S/C30H35N7O4.C28H33N7O3.C26H31N7O2/c1-4-14-41-29(39)25-26-22(5-2)37(20-8-6-7-9-20)27-23(36(26)17-32-25)16-31-30(35-27)34-21-13-10-18(15-24(21)40-3)28(38)33-19-11-12-19;1-4-21-25-24(16(2)36)30-15-34(25)22-14-29-28(33-26(22)35(21)19-7-5-6-8-19)32-20-12-9-17(13-23(20)38-3)27(37)31-18-10-11-18;1-3-20-21-13-27-15-32(21)22-14-28-26(31-24(22)33(20)18-6-4-5-7-18)30-19-11-8-16(12-23(19)35-2)25(34)29-17-9-10-17/h4,10,13,15-17,19-20,22H,1,5-9,11-12,14H2,2-3H3,(H,33,38)(H,31,34,35);9,12-15,18-19,21H,4-8,10-11H2,1-3H3,(H,31,37)(H,29,32,33);8,11-15,17-18,20H,3-7,9-10H2,1-2H3,(H,29,34)(H,28,30,31)/t22-;21-;20-/m111/s1. The smallest absolute Gasteiger partial charge is 0.359 e. The number of nitrogens with one attached hydrogen (secondary N) is 6. The zero-order chi connectivity index (χ0) is 78.8. The lowest BCUT2D eigenvalue weighted by molar-refractivity contribution is 0.0540. The van der Waals surface area contributed by atoms with Crippen LogP contribution in [0, 0.1) is 0 Å². The molecule has 3 atom stereocenters. The second-order valence-electron chi connectivity index (χ2n) is 30.7. The largest absolute Gasteiger partial charge is 0.495 e. The number of fused-ring (bicyclic) bond motifs is 9. The number of benzene rings is 3. The van der Waals surface area contributed by atoms with Crippen molar-refractivity contribution in [3.63, 3.8) is 0 Å². The van der Waals surface area contributed by atoms with E-state index < -0.39 is 5.97 Å². The molecule has 6 N–H and O–H groups in total. The minimum atomic E-state index is -0.465. The molecule has 9 heterocycles. The highest BCUT2D eigenvalue weighted by atomic mass is 16.5. The number of methoxy groups -OCH3 is 3. The van der Waals surface area contributed by atoms with Crippen molar-refractivity contribution >= 4 is 81.8 Å². The van der Waals surface area contributed by atoms with Crippen molar-refractivity contribution in [2.24, 2.45) is 0 Å². The molecule has 6 fully saturated rings. The zero-order valence-electron chi connectivity index (χ0n) is 65.7. The van der Waals surface area contributed by atoms with Crippen LogP contribution in [0.15, 0.2) is 111 Å². The number of carbonyl (C=O) groups excluding carboxylic acids is 5. The van der Waals surface area contributed by atoms with Crippen LogP contribution < -0.4 is 60.8 Å². The number of carbonyl (C=O) groups is 5. The van der Waals surface area contributed by atoms with Gasteiger partial charge in [-0.15, -0.1) is 0 Å². The third kappa shape index (κ3) is 15.4. The normalized spacial score (nSPS) is 18.6. The number of ether oxygens (including phenoxy) is 4. The topological polar surface area (TPSA) is 335 Å². The number of hydrogen-bond acceptors (Lipinski definition) is 24. The van der Waals surface area contributed by atoms with E-state index in [4.69, 9.17) is 33.9 Å². The summed E-state index contributed by atoms with van der Waals surface area (Å²) in [6.45, 7) is 11.8. The Bertz CT molecular complexity index is 5100. The molecule has 6 aromatic heterocycles. The van der Waals surface area contributed by atoms with Gasteiger partial charge in [0.2, 0.25) is 17.8 Å². The van der Waals surface area contributed by atoms with Crippen molar-refractivity contribution in [1.29, 1.82) is 0 Å². The molecule has 3 aromatic carbocycles. The summed E-state index contributed by atoms with van der Waals surface area (Å²) in [5.41, 5.74) is 10.00. The molecular weight excluding hydrogens is 1450 g/mol. The number of aromatic nitrogens is 12. The maximum absolute atomic E-state index is 12.9. The summed E-state index contributed by atoms with van der Waals surface area (Å²) in [5, 5.41) is 19.0. The van der Waals surface area contributed by atoms with Crippen LogP contribution in [0.1, 0.15) is 250 Å². The molecule has 0 saturated heterocycles. The molecular formula is C84H99N21O9. The Kier molecular flexibility index (Phi) is 22.0. The fraction of sp³-hybridized carbons (Fsp3) is 0.452. The second kappa shape index (κ2) is 33.0. The van der Waals surface area contributed by atoms with E-state index in [1.807, 2.05) is 46.1 Å². The molecule has 3 aliphatic heterocycles. The van der Waals surface area contributed by atoms with Gasteiger partial charge in [-0.1, -0.05) is 72.0 Å². The van der Waals surface area contributed by atoms with Crippen LogP contribution in [0.25, 0.3) is 17.1 Å². The van der Waals surface area contributed by atoms with E-state index in [9.17, 15) is 24.0 Å². The van der Waals surface area contributed by atoms with E-state index in [0.29, 0.717) is 98.4 Å². The Morgan fingerprint density at radius 2 is 0.816 bits per heavy atom. The summed E-state index contributed by atoms with van der Waals surface area (Å²) in [7, 11) is 4.76. The molecule has 30 nitrogen and oxygen atoms in total. The van der Waals surface area contributed by atoms with Crippen LogP contribution in [0.3, 0.4) is 0 Å². The third-order valence-corrected chi connectivity index (χ3v) is 23.1. The predicted octanol–water partition coefficient (Wildman–Crippen LogP) is 14.1. The summed E-state index contributed by atoms with van der Waals surface area (Å²) in [6.07, 6.45) is 36.7. The van der Waals surface area contributed by atoms with Crippen molar-refractivity contribution < 1.29 is 42.9 Å². The van der Waals surface area contributed by atoms with Gasteiger partial charge in [0.25, 0.3) is 17.7 Å². The summed E-state index contributed by atoms with van der Waals surface area (Å²) in [5.74, 6) is 4.76. The molecule has 6 saturated carbocycles. The number of anilines is 9. The number of hydrogen-bond donors (Lipinski definition) is 6. The van der Waals surface area contributed by atoms with Crippen LogP contribution in [-0.2, 0) is 4.74 Å². The fourth-order valence-electron chi connectivity index (χ4n) is 17.0. The van der Waals surface area contributed by atoms with E-state index in [1.54, 1.807) is 95.8 Å². The van der Waals surface area contributed by atoms with Crippen molar-refractivity contribution in [2.75, 3.05) is 58.6 Å². The second-order valence-corrected chi connectivity index (χ2v) is 30.7. The third-order valence-electron chi connectivity index (χ3n) is 23.1. The van der Waals surface area contributed by atoms with E-state index >= 15 is 0 Å². The van der Waals surface area contributed by atoms with Crippen LogP contribution in [0.2, 0.25) is 0 Å². The summed E-state index contributed by atoms with van der Waals surface area (Å²) in [6, 6.07) is 18.1. The number of rotatable bonds is 25. The van der Waals surface area contributed by atoms with Crippen LogP contribution in [-0.4, -0.2) is 152 Å². The highest BCUT2D eigenvalue weighted by molar-refractivity contribution is 5.98. The molecule has 6 aliphatic carbocycles. The first-order chi connectivity index (χ1) is 55.7. The lowest BCUT2D eigenvalue weighted by atomic mass is 9.99. The number of Topliss-reactive ketones (excluding diaryl/α,β-unsaturated/α-hetero) is 1. The minimum absolute atomic E-state index is 0.00597. The summed E-state index contributed by atoms with van der Waals surface area (Å²) < 4.78 is 28.2. The number of amides is 3. The molecule has 9 aromatic rings. The highest BCUT2D eigenvalue weighted by Gasteiger charge is 2.44. The van der Waals surface area contributed by atoms with E-state index in [0.717, 1.165) is 142 Å². The monoisotopic (exact) mass is 1550 g/mol. The quantitative estimate of drug-likeness (QED) is 0.0176. The maximum Gasteiger partial charge on any atom is 0.359 e. The average molecular weight is 1550 g/mol. The molecule has 18 rings (SSSR count). The molecule has 0 unspecified atom stereocenters. The lowest BCUT2D eigenvalue weighted by Crippen LogP contribution is -2.42. The lowest BCUT2D eigenvalue weighted by Gasteiger charge is -2.42. The van der Waals surface area contributed by atoms with Gasteiger partial charge in [0.05, 0.1) is 105 Å². The van der Waals surface area contributed by atoms with Gasteiger partial charge in [-0.3, -0.25) is 32.9 Å². The van der Waals surface area contributed by atoms with Crippen molar-refractivity contribution in [3.8, 4) is 34.3 Å². The van der Waals surface area contributed by atoms with E-state index in [-0.39, 0.29) is 66.4 Å². The Labute approximate surface area is 662 Å². The number of imidazole rings is 3. The Hall–Kier alpha value is -12.0. The molecule has 30 heteroatoms. The average Bonchev–Trinajstić information content (AvgIpc) is 1.64. The van der Waals surface area contributed by atoms with Crippen LogP contribution >= 0.6 is 0 Å². The molecule has 9 aliphatic rings. The molecule has 114 heavy (non-hydrogen) atoms. The van der Waals surface area contributed by atoms with Crippen LogP contribution in [0.4, 0.5) is 52.4 Å². The van der Waals surface area contributed by atoms with Gasteiger partial charge in [-0.05, 0) is 151 Å². The first kappa shape index (κ1) is 76.0. The highest BCUT2D eigenvalue weighted by Crippen LogP contribution is 2.49. The number of nitrogens with zero attached hydrogens (tertiary/aromatic N) is 15. The van der Waals surface area contributed by atoms with Gasteiger partial charge in [-0.25, -0.2) is 34.7 Å². The van der Waals surface area contributed by atoms with Gasteiger partial charge < -0.3 is 65.5 Å². The van der Waals surface area contributed by atoms with Crippen molar-refractivity contribution in [3.05, 3.63) is 156 Å². The summed E-state index contributed by atoms with van der Waals surface area (Å²) in [4.78, 5) is 112. The Balaban J connectivity index is 0.000000129. The molecule has 0 radical (unpaired) electrons. The van der Waals surface area contributed by atoms with Crippen molar-refractivity contribution in [1.82, 2.24) is 74.5 Å². The molecule has 0 spiro atoms. The fourth-order valence-corrected chi connectivity index (χ4v) is 17.0.